The Morgan fingerprint density at radius 1 is 1.28 bits per heavy atom. The molecule has 9 heteroatoms. The highest BCUT2D eigenvalue weighted by Crippen LogP contribution is 2.45. The predicted molar refractivity (Wildman–Crippen MR) is 131 cm³/mol. The minimum atomic E-state index is -3.18. The lowest BCUT2D eigenvalue weighted by Gasteiger charge is -2.27. The maximum Gasteiger partial charge on any atom is 0.250 e. The monoisotopic (exact) mass is 492 g/mol. The number of hydrogen-bond donors (Lipinski definition) is 0. The number of carbonyl (C=O) groups is 1. The van der Waals surface area contributed by atoms with Gasteiger partial charge in [-0.25, -0.2) is 8.42 Å². The molecular weight excluding hydrogens is 468 g/mol. The van der Waals surface area contributed by atoms with Gasteiger partial charge in [-0.2, -0.15) is 4.99 Å². The van der Waals surface area contributed by atoms with Crippen molar-refractivity contribution in [1.82, 2.24) is 0 Å². The Morgan fingerprint density at radius 3 is 2.78 bits per heavy atom. The number of sulfone groups is 1. The quantitative estimate of drug-likeness (QED) is 0.578. The summed E-state index contributed by atoms with van der Waals surface area (Å²) in [6.07, 6.45) is 0.681. The molecule has 2 fully saturated rings. The third kappa shape index (κ3) is 4.82. The third-order valence-electron chi connectivity index (χ3n) is 5.70. The number of aliphatic imine (C=N–C) groups is 1. The highest BCUT2D eigenvalue weighted by atomic mass is 35.5. The number of halogens is 1. The summed E-state index contributed by atoms with van der Waals surface area (Å²) in [5.41, 5.74) is 1.66. The van der Waals surface area contributed by atoms with Crippen molar-refractivity contribution in [1.29, 1.82) is 0 Å². The van der Waals surface area contributed by atoms with Crippen molar-refractivity contribution in [3.8, 4) is 11.5 Å². The van der Waals surface area contributed by atoms with E-state index in [-0.39, 0.29) is 34.6 Å². The van der Waals surface area contributed by atoms with Crippen molar-refractivity contribution < 1.29 is 17.9 Å². The molecule has 0 aromatic heterocycles. The first kappa shape index (κ1) is 23.1. The van der Waals surface area contributed by atoms with Crippen molar-refractivity contribution in [2.75, 3.05) is 16.4 Å². The molecule has 2 saturated heterocycles. The Hall–Kier alpha value is -2.03. The molecule has 32 heavy (non-hydrogen) atoms. The van der Waals surface area contributed by atoms with Crippen LogP contribution < -0.4 is 9.64 Å². The number of rotatable bonds is 5. The molecule has 6 nitrogen and oxygen atoms in total. The average molecular weight is 493 g/mol. The van der Waals surface area contributed by atoms with Crippen LogP contribution in [0.3, 0.4) is 0 Å². The molecule has 3 unspecified atom stereocenters. The first-order valence-electron chi connectivity index (χ1n) is 10.5. The number of nitrogens with zero attached hydrogens (tertiary/aromatic N) is 2. The van der Waals surface area contributed by atoms with Gasteiger partial charge >= 0.3 is 0 Å². The Balaban J connectivity index is 1.79. The van der Waals surface area contributed by atoms with Gasteiger partial charge in [0.1, 0.15) is 5.75 Å². The second-order valence-electron chi connectivity index (χ2n) is 8.24. The minimum Gasteiger partial charge on any atom is -0.455 e. The van der Waals surface area contributed by atoms with E-state index in [1.54, 1.807) is 18.2 Å². The van der Waals surface area contributed by atoms with E-state index in [1.165, 1.54) is 11.8 Å². The van der Waals surface area contributed by atoms with Crippen LogP contribution in [0.15, 0.2) is 47.5 Å². The van der Waals surface area contributed by atoms with Crippen LogP contribution in [0, 0.1) is 12.8 Å². The second-order valence-corrected chi connectivity index (χ2v) is 12.0. The van der Waals surface area contributed by atoms with Crippen molar-refractivity contribution in [2.45, 2.75) is 38.5 Å². The van der Waals surface area contributed by atoms with Crippen molar-refractivity contribution >= 4 is 50.0 Å². The van der Waals surface area contributed by atoms with Crippen molar-refractivity contribution in [3.05, 3.63) is 53.1 Å². The number of amides is 1. The number of carbonyl (C=O) groups excluding carboxylic acids is 1. The van der Waals surface area contributed by atoms with Crippen LogP contribution in [0.5, 0.6) is 11.5 Å². The fourth-order valence-corrected chi connectivity index (χ4v) is 7.87. The average Bonchev–Trinajstić information content (AvgIpc) is 3.19. The smallest absolute Gasteiger partial charge is 0.250 e. The molecule has 0 saturated carbocycles. The number of ether oxygens (including phenoxy) is 1. The lowest BCUT2D eigenvalue weighted by molar-refractivity contribution is -0.121. The summed E-state index contributed by atoms with van der Waals surface area (Å²) in [7, 11) is -3.18. The zero-order valence-electron chi connectivity index (χ0n) is 18.1. The normalized spacial score (nSPS) is 23.9. The van der Waals surface area contributed by atoms with E-state index in [2.05, 4.69) is 4.99 Å². The van der Waals surface area contributed by atoms with E-state index < -0.39 is 9.84 Å². The fraction of sp³-hybridized carbons (Fsp3) is 0.391. The summed E-state index contributed by atoms with van der Waals surface area (Å²) in [4.78, 5) is 18.9. The molecule has 4 rings (SSSR count). The molecule has 0 radical (unpaired) electrons. The van der Waals surface area contributed by atoms with Gasteiger partial charge in [-0.15, -0.1) is 0 Å². The van der Waals surface area contributed by atoms with Crippen LogP contribution in [0.4, 0.5) is 5.69 Å². The molecule has 0 bridgehead atoms. The summed E-state index contributed by atoms with van der Waals surface area (Å²) in [5.74, 6) is 0.809. The number of fused-ring (bicyclic) bond motifs is 1. The summed E-state index contributed by atoms with van der Waals surface area (Å²) in [6.45, 7) is 5.76. The lowest BCUT2D eigenvalue weighted by Crippen LogP contribution is -2.38. The van der Waals surface area contributed by atoms with Gasteiger partial charge in [0.25, 0.3) is 5.91 Å². The molecule has 0 aliphatic carbocycles. The van der Waals surface area contributed by atoms with Gasteiger partial charge in [0, 0.05) is 16.2 Å². The van der Waals surface area contributed by atoms with Gasteiger partial charge in [0.05, 0.1) is 23.2 Å². The minimum absolute atomic E-state index is 0.00237. The van der Waals surface area contributed by atoms with Crippen LogP contribution in [0.1, 0.15) is 25.8 Å². The molecular formula is C23H25ClN2O4S2. The molecule has 2 aromatic rings. The molecule has 3 atom stereocenters. The SMILES string of the molecule is CCC(C)C(=O)N=C1SC2CS(=O)(=O)CC2N1c1cc(Cl)ccc1Oc1cccc(C)c1. The van der Waals surface area contributed by atoms with Crippen molar-refractivity contribution in [3.63, 3.8) is 0 Å². The number of hydrogen-bond acceptors (Lipinski definition) is 5. The summed E-state index contributed by atoms with van der Waals surface area (Å²) >= 11 is 7.68. The van der Waals surface area contributed by atoms with E-state index in [9.17, 15) is 13.2 Å². The number of benzene rings is 2. The third-order valence-corrected chi connectivity index (χ3v) is 9.15. The largest absolute Gasteiger partial charge is 0.455 e. The lowest BCUT2D eigenvalue weighted by atomic mass is 10.1. The summed E-state index contributed by atoms with van der Waals surface area (Å²) in [6, 6.07) is 12.5. The van der Waals surface area contributed by atoms with Crippen LogP contribution in [0.2, 0.25) is 5.02 Å². The summed E-state index contributed by atoms with van der Waals surface area (Å²) in [5, 5.41) is 0.782. The van der Waals surface area contributed by atoms with Crippen molar-refractivity contribution in [2.24, 2.45) is 10.9 Å². The number of amidine groups is 1. The van der Waals surface area contributed by atoms with Crippen LogP contribution >= 0.6 is 23.4 Å². The first-order chi connectivity index (χ1) is 15.2. The number of thioether (sulfide) groups is 1. The molecule has 2 heterocycles. The zero-order valence-corrected chi connectivity index (χ0v) is 20.5. The molecule has 2 aliphatic heterocycles. The first-order valence-corrected chi connectivity index (χ1v) is 13.6. The predicted octanol–water partition coefficient (Wildman–Crippen LogP) is 5.09. The Labute approximate surface area is 197 Å². The molecule has 1 amide bonds. The highest BCUT2D eigenvalue weighted by molar-refractivity contribution is 8.16. The topological polar surface area (TPSA) is 76.0 Å². The molecule has 0 spiro atoms. The molecule has 2 aromatic carbocycles. The van der Waals surface area contributed by atoms with Gasteiger partial charge in [-0.3, -0.25) is 4.79 Å². The summed E-state index contributed by atoms with van der Waals surface area (Å²) < 4.78 is 30.9. The Bertz CT molecular complexity index is 1180. The van der Waals surface area contributed by atoms with E-state index in [0.29, 0.717) is 33.8 Å². The van der Waals surface area contributed by atoms with Crippen LogP contribution in [0.25, 0.3) is 0 Å². The number of anilines is 1. The van der Waals surface area contributed by atoms with Crippen LogP contribution in [-0.2, 0) is 14.6 Å². The molecule has 0 N–H and O–H groups in total. The van der Waals surface area contributed by atoms with Gasteiger partial charge < -0.3 is 9.64 Å². The standard InChI is InChI=1S/C23H25ClN2O4S2/c1-4-15(3)22(27)25-23-26(19-12-32(28,29)13-21(19)31-23)18-11-16(24)8-9-20(18)30-17-7-5-6-14(2)10-17/h5-11,15,19,21H,4,12-13H2,1-3H3. The van der Waals surface area contributed by atoms with Gasteiger partial charge in [0.2, 0.25) is 0 Å². The van der Waals surface area contributed by atoms with E-state index in [1.807, 2.05) is 49.9 Å². The van der Waals surface area contributed by atoms with Gasteiger partial charge in [-0.05, 0) is 49.2 Å². The van der Waals surface area contributed by atoms with Gasteiger partial charge in [-0.1, -0.05) is 49.3 Å². The fourth-order valence-electron chi connectivity index (χ4n) is 3.80. The van der Waals surface area contributed by atoms with E-state index in [0.717, 1.165) is 5.56 Å². The maximum atomic E-state index is 12.6. The Morgan fingerprint density at radius 2 is 2.06 bits per heavy atom. The van der Waals surface area contributed by atoms with E-state index in [4.69, 9.17) is 16.3 Å². The Kier molecular flexibility index (Phi) is 6.56. The van der Waals surface area contributed by atoms with E-state index >= 15 is 0 Å². The van der Waals surface area contributed by atoms with Crippen LogP contribution in [-0.4, -0.2) is 42.3 Å². The zero-order chi connectivity index (χ0) is 23.0. The molecule has 2 aliphatic rings. The highest BCUT2D eigenvalue weighted by Gasteiger charge is 2.50. The van der Waals surface area contributed by atoms with Gasteiger partial charge in [0.15, 0.2) is 20.8 Å². The number of aryl methyl sites for hydroxylation is 1. The molecule has 170 valence electrons. The second kappa shape index (κ2) is 9.08. The maximum absolute atomic E-state index is 12.6.